The van der Waals surface area contributed by atoms with Crippen molar-refractivity contribution in [3.05, 3.63) is 73.3 Å². The standard InChI is InChI=1S/C15H6ClN3O4/c16-7-1-3-9-11(5-7)17-14-13(20)10-6-8(19(22)23)2-4-12(10)18(14)15(9)21/h1-6H. The second-order valence-corrected chi connectivity index (χ2v) is 5.46. The molecule has 3 aromatic rings. The molecule has 23 heavy (non-hydrogen) atoms. The average Bonchev–Trinajstić information content (AvgIpc) is 2.80. The molecule has 2 heterocycles. The summed E-state index contributed by atoms with van der Waals surface area (Å²) in [5, 5.41) is 11.6. The predicted octanol–water partition coefficient (Wildman–Crippen LogP) is 2.49. The summed E-state index contributed by atoms with van der Waals surface area (Å²) in [5.74, 6) is -0.594. The maximum Gasteiger partial charge on any atom is 0.270 e. The van der Waals surface area contributed by atoms with Gasteiger partial charge in [0, 0.05) is 17.2 Å². The van der Waals surface area contributed by atoms with Gasteiger partial charge in [0.2, 0.25) is 5.78 Å². The fourth-order valence-corrected chi connectivity index (χ4v) is 2.84. The van der Waals surface area contributed by atoms with Crippen molar-refractivity contribution >= 4 is 34.0 Å². The molecule has 1 aromatic heterocycles. The van der Waals surface area contributed by atoms with E-state index in [0.29, 0.717) is 21.6 Å². The van der Waals surface area contributed by atoms with Crippen LogP contribution in [-0.4, -0.2) is 20.3 Å². The molecule has 1 aliphatic rings. The van der Waals surface area contributed by atoms with Gasteiger partial charge in [-0.3, -0.25) is 24.3 Å². The smallest absolute Gasteiger partial charge is 0.270 e. The largest absolute Gasteiger partial charge is 0.285 e. The molecule has 0 saturated carbocycles. The van der Waals surface area contributed by atoms with Crippen molar-refractivity contribution in [3.8, 4) is 5.69 Å². The molecule has 0 radical (unpaired) electrons. The van der Waals surface area contributed by atoms with Crippen LogP contribution < -0.4 is 5.56 Å². The van der Waals surface area contributed by atoms with Crippen LogP contribution in [0.4, 0.5) is 5.69 Å². The van der Waals surface area contributed by atoms with Gasteiger partial charge in [-0.05, 0) is 24.3 Å². The molecule has 1 aliphatic heterocycles. The summed E-state index contributed by atoms with van der Waals surface area (Å²) < 4.78 is 1.18. The van der Waals surface area contributed by atoms with Crippen molar-refractivity contribution in [2.45, 2.75) is 0 Å². The number of carbonyl (C=O) groups excluding carboxylic acids is 1. The van der Waals surface area contributed by atoms with Crippen molar-refractivity contribution < 1.29 is 9.72 Å². The van der Waals surface area contributed by atoms with E-state index in [2.05, 4.69) is 4.98 Å². The zero-order valence-corrected chi connectivity index (χ0v) is 12.1. The Bertz CT molecular complexity index is 1100. The number of hydrogen-bond acceptors (Lipinski definition) is 5. The average molecular weight is 328 g/mol. The molecule has 112 valence electrons. The first-order valence-electron chi connectivity index (χ1n) is 6.53. The molecular formula is C15H6ClN3O4. The van der Waals surface area contributed by atoms with Crippen LogP contribution in [0.15, 0.2) is 41.2 Å². The lowest BCUT2D eigenvalue weighted by Gasteiger charge is -2.05. The summed E-state index contributed by atoms with van der Waals surface area (Å²) >= 11 is 5.89. The molecule has 0 unspecified atom stereocenters. The van der Waals surface area contributed by atoms with Crippen molar-refractivity contribution in [1.82, 2.24) is 9.55 Å². The summed E-state index contributed by atoms with van der Waals surface area (Å²) in [6.07, 6.45) is 0. The Kier molecular flexibility index (Phi) is 2.64. The Balaban J connectivity index is 2.09. The summed E-state index contributed by atoms with van der Waals surface area (Å²) in [6.45, 7) is 0. The molecule has 7 nitrogen and oxygen atoms in total. The number of nitro benzene ring substituents is 1. The van der Waals surface area contributed by atoms with Crippen LogP contribution >= 0.6 is 11.6 Å². The van der Waals surface area contributed by atoms with Gasteiger partial charge in [-0.15, -0.1) is 0 Å². The molecule has 0 spiro atoms. The van der Waals surface area contributed by atoms with E-state index in [1.54, 1.807) is 6.07 Å². The SMILES string of the molecule is O=C1c2cc([N+](=O)[O-])ccc2-n2c1nc1cc(Cl)ccc1c2=O. The Labute approximate surface area is 132 Å². The third-order valence-electron chi connectivity index (χ3n) is 3.71. The maximum absolute atomic E-state index is 12.7. The summed E-state index contributed by atoms with van der Waals surface area (Å²) in [4.78, 5) is 39.6. The molecule has 8 heteroatoms. The van der Waals surface area contributed by atoms with Crippen molar-refractivity contribution in [2.75, 3.05) is 0 Å². The fourth-order valence-electron chi connectivity index (χ4n) is 2.67. The second kappa shape index (κ2) is 4.47. The third kappa shape index (κ3) is 1.80. The lowest BCUT2D eigenvalue weighted by molar-refractivity contribution is -0.384. The van der Waals surface area contributed by atoms with Gasteiger partial charge in [0.25, 0.3) is 11.2 Å². The van der Waals surface area contributed by atoms with E-state index >= 15 is 0 Å². The van der Waals surface area contributed by atoms with Gasteiger partial charge in [0.15, 0.2) is 5.82 Å². The number of fused-ring (bicyclic) bond motifs is 4. The highest BCUT2D eigenvalue weighted by Gasteiger charge is 2.31. The van der Waals surface area contributed by atoms with Crippen molar-refractivity contribution in [2.24, 2.45) is 0 Å². The first-order valence-corrected chi connectivity index (χ1v) is 6.91. The molecule has 0 amide bonds. The summed E-state index contributed by atoms with van der Waals surface area (Å²) in [7, 11) is 0. The number of nitrogens with zero attached hydrogens (tertiary/aromatic N) is 3. The van der Waals surface area contributed by atoms with Crippen molar-refractivity contribution in [3.63, 3.8) is 0 Å². The Morgan fingerprint density at radius 3 is 2.65 bits per heavy atom. The van der Waals surface area contributed by atoms with Crippen LogP contribution in [0, 0.1) is 10.1 Å². The molecule has 0 saturated heterocycles. The van der Waals surface area contributed by atoms with E-state index in [0.717, 1.165) is 6.07 Å². The minimum atomic E-state index is -0.594. The highest BCUT2D eigenvalue weighted by atomic mass is 35.5. The van der Waals surface area contributed by atoms with Gasteiger partial charge in [-0.2, -0.15) is 0 Å². The third-order valence-corrected chi connectivity index (χ3v) is 3.95. The zero-order chi connectivity index (χ0) is 16.3. The Morgan fingerprint density at radius 1 is 1.13 bits per heavy atom. The van der Waals surface area contributed by atoms with Crippen LogP contribution in [0.1, 0.15) is 16.2 Å². The maximum atomic E-state index is 12.7. The molecular weight excluding hydrogens is 322 g/mol. The van der Waals surface area contributed by atoms with E-state index in [1.165, 1.54) is 28.8 Å². The number of aromatic nitrogens is 2. The van der Waals surface area contributed by atoms with Gasteiger partial charge >= 0.3 is 0 Å². The number of benzene rings is 2. The molecule has 0 aliphatic carbocycles. The lowest BCUT2D eigenvalue weighted by atomic mass is 10.1. The topological polar surface area (TPSA) is 95.1 Å². The van der Waals surface area contributed by atoms with Gasteiger partial charge in [0.05, 0.1) is 27.1 Å². The number of carbonyl (C=O) groups is 1. The van der Waals surface area contributed by atoms with E-state index in [4.69, 9.17) is 11.6 Å². The Morgan fingerprint density at radius 2 is 1.91 bits per heavy atom. The van der Waals surface area contributed by atoms with Gasteiger partial charge in [-0.25, -0.2) is 4.98 Å². The van der Waals surface area contributed by atoms with Gasteiger partial charge in [-0.1, -0.05) is 11.6 Å². The molecule has 0 N–H and O–H groups in total. The molecule has 2 aromatic carbocycles. The van der Waals surface area contributed by atoms with Gasteiger partial charge in [0.1, 0.15) is 0 Å². The second-order valence-electron chi connectivity index (χ2n) is 5.03. The van der Waals surface area contributed by atoms with Crippen molar-refractivity contribution in [1.29, 1.82) is 0 Å². The lowest BCUT2D eigenvalue weighted by Crippen LogP contribution is -2.21. The highest BCUT2D eigenvalue weighted by molar-refractivity contribution is 6.31. The normalized spacial score (nSPS) is 12.3. The van der Waals surface area contributed by atoms with Crippen LogP contribution in [0.25, 0.3) is 16.6 Å². The quantitative estimate of drug-likeness (QED) is 0.395. The molecule has 0 bridgehead atoms. The number of hydrogen-bond donors (Lipinski definition) is 0. The van der Waals surface area contributed by atoms with Crippen LogP contribution in [0.5, 0.6) is 0 Å². The predicted molar refractivity (Wildman–Crippen MR) is 82.4 cm³/mol. The number of ketones is 1. The van der Waals surface area contributed by atoms with Crippen LogP contribution in [-0.2, 0) is 0 Å². The van der Waals surface area contributed by atoms with Crippen LogP contribution in [0.3, 0.4) is 0 Å². The minimum absolute atomic E-state index is 0.0692. The zero-order valence-electron chi connectivity index (χ0n) is 11.3. The van der Waals surface area contributed by atoms with Gasteiger partial charge < -0.3 is 0 Å². The highest BCUT2D eigenvalue weighted by Crippen LogP contribution is 2.29. The summed E-state index contributed by atoms with van der Waals surface area (Å²) in [5.41, 5.74) is 0.0627. The Hall–Kier alpha value is -3.06. The first kappa shape index (κ1) is 13.6. The fraction of sp³-hybridized carbons (Fsp3) is 0. The van der Waals surface area contributed by atoms with E-state index in [1.807, 2.05) is 0 Å². The van der Waals surface area contributed by atoms with E-state index in [9.17, 15) is 19.7 Å². The number of nitro groups is 1. The first-order chi connectivity index (χ1) is 11.0. The molecule has 0 atom stereocenters. The molecule has 4 rings (SSSR count). The van der Waals surface area contributed by atoms with Crippen LogP contribution in [0.2, 0.25) is 5.02 Å². The minimum Gasteiger partial charge on any atom is -0.285 e. The van der Waals surface area contributed by atoms with E-state index in [-0.39, 0.29) is 17.1 Å². The summed E-state index contributed by atoms with van der Waals surface area (Å²) in [6, 6.07) is 8.38. The monoisotopic (exact) mass is 327 g/mol. The van der Waals surface area contributed by atoms with E-state index < -0.39 is 16.3 Å². The number of rotatable bonds is 1. The molecule has 0 fully saturated rings. The number of halogens is 1. The number of non-ortho nitro benzene ring substituents is 1.